The average molecular weight is 468 g/mol. The molecule has 0 radical (unpaired) electrons. The number of anilines is 2. The molecule has 2 heterocycles. The Morgan fingerprint density at radius 1 is 0.971 bits per heavy atom. The highest BCUT2D eigenvalue weighted by atomic mass is 16.5. The molecule has 3 aromatic carbocycles. The zero-order valence-electron chi connectivity index (χ0n) is 20.3. The molecule has 0 bridgehead atoms. The van der Waals surface area contributed by atoms with Gasteiger partial charge in [-0.2, -0.15) is 0 Å². The largest absolute Gasteiger partial charge is 0.493 e. The first kappa shape index (κ1) is 22.7. The quantitative estimate of drug-likeness (QED) is 0.403. The zero-order chi connectivity index (χ0) is 24.4. The van der Waals surface area contributed by atoms with E-state index in [4.69, 9.17) is 14.5 Å². The molecule has 6 nitrogen and oxygen atoms in total. The monoisotopic (exact) mass is 467 g/mol. The van der Waals surface area contributed by atoms with Crippen molar-refractivity contribution in [1.29, 1.82) is 0 Å². The van der Waals surface area contributed by atoms with Crippen molar-refractivity contribution in [3.8, 4) is 11.5 Å². The summed E-state index contributed by atoms with van der Waals surface area (Å²) in [5.74, 6) is 2.31. The van der Waals surface area contributed by atoms with Crippen molar-refractivity contribution >= 4 is 28.3 Å². The van der Waals surface area contributed by atoms with Crippen LogP contribution in [0.4, 0.5) is 11.5 Å². The number of rotatable bonds is 7. The van der Waals surface area contributed by atoms with Crippen LogP contribution in [0.1, 0.15) is 27.0 Å². The minimum Gasteiger partial charge on any atom is -0.493 e. The lowest BCUT2D eigenvalue weighted by Gasteiger charge is -2.19. The Morgan fingerprint density at radius 3 is 2.54 bits per heavy atom. The van der Waals surface area contributed by atoms with Crippen molar-refractivity contribution < 1.29 is 14.3 Å². The Balaban J connectivity index is 1.24. The summed E-state index contributed by atoms with van der Waals surface area (Å²) < 4.78 is 10.6. The number of carbonyl (C=O) groups excluding carboxylic acids is 1. The molecule has 5 rings (SSSR count). The number of nitrogens with zero attached hydrogens (tertiary/aromatic N) is 2. The molecular weight excluding hydrogens is 438 g/mol. The molecule has 0 saturated heterocycles. The highest BCUT2D eigenvalue weighted by Gasteiger charge is 2.23. The Kier molecular flexibility index (Phi) is 6.27. The maximum Gasteiger partial charge on any atom is 0.251 e. The average Bonchev–Trinajstić information content (AvgIpc) is 3.29. The van der Waals surface area contributed by atoms with Crippen molar-refractivity contribution in [2.24, 2.45) is 0 Å². The van der Waals surface area contributed by atoms with Crippen molar-refractivity contribution in [2.75, 3.05) is 32.2 Å². The molecule has 4 aromatic rings. The number of benzene rings is 3. The summed E-state index contributed by atoms with van der Waals surface area (Å²) in [6.07, 6.45) is 1.67. The van der Waals surface area contributed by atoms with Crippen LogP contribution in [0.15, 0.2) is 66.7 Å². The SMILES string of the molecule is COc1ccc(CCNC(=O)c2ccc(N3CCc4cc5ccc(C)cc5nc43)cc2)cc1OC. The van der Waals surface area contributed by atoms with Crippen LogP contribution in [0.3, 0.4) is 0 Å². The van der Waals surface area contributed by atoms with Crippen molar-refractivity contribution in [3.05, 3.63) is 89.0 Å². The molecule has 1 N–H and O–H groups in total. The topological polar surface area (TPSA) is 63.7 Å². The first-order valence-corrected chi connectivity index (χ1v) is 11.8. The van der Waals surface area contributed by atoms with Crippen LogP contribution < -0.4 is 19.7 Å². The molecule has 1 aliphatic rings. The first-order valence-electron chi connectivity index (χ1n) is 11.8. The van der Waals surface area contributed by atoms with Gasteiger partial charge in [-0.25, -0.2) is 4.98 Å². The number of ether oxygens (including phenoxy) is 2. The van der Waals surface area contributed by atoms with Crippen LogP contribution in [0.25, 0.3) is 10.9 Å². The Hall–Kier alpha value is -4.06. The highest BCUT2D eigenvalue weighted by Crippen LogP contribution is 2.35. The second kappa shape index (κ2) is 9.66. The molecule has 0 atom stereocenters. The number of nitrogens with one attached hydrogen (secondary N) is 1. The number of pyridine rings is 1. The molecule has 0 fully saturated rings. The molecule has 178 valence electrons. The van der Waals surface area contributed by atoms with E-state index in [0.29, 0.717) is 30.0 Å². The van der Waals surface area contributed by atoms with Gasteiger partial charge >= 0.3 is 0 Å². The second-order valence-corrected chi connectivity index (χ2v) is 8.81. The number of carbonyl (C=O) groups is 1. The van der Waals surface area contributed by atoms with Gasteiger partial charge in [-0.3, -0.25) is 4.79 Å². The third-order valence-corrected chi connectivity index (χ3v) is 6.48. The minimum atomic E-state index is -0.0848. The van der Waals surface area contributed by atoms with Crippen LogP contribution in [-0.4, -0.2) is 38.2 Å². The molecule has 1 aromatic heterocycles. The van der Waals surface area contributed by atoms with E-state index < -0.39 is 0 Å². The number of hydrogen-bond acceptors (Lipinski definition) is 5. The van der Waals surface area contributed by atoms with Gasteiger partial charge < -0.3 is 19.7 Å². The van der Waals surface area contributed by atoms with Gasteiger partial charge in [0.2, 0.25) is 0 Å². The summed E-state index contributed by atoms with van der Waals surface area (Å²) in [5.41, 5.74) is 6.24. The predicted octanol–water partition coefficient (Wildman–Crippen LogP) is 5.23. The molecule has 0 saturated carbocycles. The standard InChI is InChI=1S/C29H29N3O3/c1-19-4-6-22-18-23-13-15-32(28(23)31-25(22)16-19)24-9-7-21(8-10-24)29(33)30-14-12-20-5-11-26(34-2)27(17-20)35-3/h4-11,16-18H,12-15H2,1-3H3,(H,30,33). The van der Waals surface area contributed by atoms with Gasteiger partial charge in [0.1, 0.15) is 5.82 Å². The molecule has 1 amide bonds. The van der Waals surface area contributed by atoms with E-state index in [1.54, 1.807) is 14.2 Å². The summed E-state index contributed by atoms with van der Waals surface area (Å²) >= 11 is 0. The van der Waals surface area contributed by atoms with Crippen molar-refractivity contribution in [3.63, 3.8) is 0 Å². The third kappa shape index (κ3) is 4.64. The molecule has 35 heavy (non-hydrogen) atoms. The number of methoxy groups -OCH3 is 2. The summed E-state index contributed by atoms with van der Waals surface area (Å²) in [6, 6.07) is 22.2. The Morgan fingerprint density at radius 2 is 1.77 bits per heavy atom. The Bertz CT molecular complexity index is 1380. The molecular formula is C29H29N3O3. The van der Waals surface area contributed by atoms with Crippen LogP contribution in [0.5, 0.6) is 11.5 Å². The van der Waals surface area contributed by atoms with Gasteiger partial charge in [0.15, 0.2) is 11.5 Å². The maximum atomic E-state index is 12.7. The lowest BCUT2D eigenvalue weighted by Crippen LogP contribution is -2.25. The number of amides is 1. The van der Waals surface area contributed by atoms with Crippen LogP contribution in [-0.2, 0) is 12.8 Å². The van der Waals surface area contributed by atoms with Crippen LogP contribution in [0, 0.1) is 6.92 Å². The van der Waals surface area contributed by atoms with E-state index >= 15 is 0 Å². The summed E-state index contributed by atoms with van der Waals surface area (Å²) in [7, 11) is 3.23. The van der Waals surface area contributed by atoms with Crippen LogP contribution in [0.2, 0.25) is 0 Å². The third-order valence-electron chi connectivity index (χ3n) is 6.48. The van der Waals surface area contributed by atoms with Gasteiger partial charge in [-0.1, -0.05) is 18.2 Å². The van der Waals surface area contributed by atoms with Gasteiger partial charge in [0.25, 0.3) is 5.91 Å². The number of hydrogen-bond donors (Lipinski definition) is 1. The van der Waals surface area contributed by atoms with Crippen LogP contribution >= 0.6 is 0 Å². The zero-order valence-corrected chi connectivity index (χ0v) is 20.3. The Labute approximate surface area is 205 Å². The predicted molar refractivity (Wildman–Crippen MR) is 139 cm³/mol. The van der Waals surface area contributed by atoms with E-state index in [9.17, 15) is 4.79 Å². The second-order valence-electron chi connectivity index (χ2n) is 8.81. The highest BCUT2D eigenvalue weighted by molar-refractivity contribution is 5.94. The molecule has 6 heteroatoms. The van der Waals surface area contributed by atoms with Crippen molar-refractivity contribution in [1.82, 2.24) is 10.3 Å². The number of aromatic nitrogens is 1. The minimum absolute atomic E-state index is 0.0848. The summed E-state index contributed by atoms with van der Waals surface area (Å²) in [5, 5.41) is 4.18. The smallest absolute Gasteiger partial charge is 0.251 e. The fourth-order valence-corrected chi connectivity index (χ4v) is 4.57. The van der Waals surface area contributed by atoms with Gasteiger partial charge in [-0.15, -0.1) is 0 Å². The van der Waals surface area contributed by atoms with E-state index in [0.717, 1.165) is 35.6 Å². The summed E-state index contributed by atoms with van der Waals surface area (Å²) in [6.45, 7) is 3.50. The first-order chi connectivity index (χ1) is 17.1. The van der Waals surface area contributed by atoms with Crippen molar-refractivity contribution in [2.45, 2.75) is 19.8 Å². The number of aryl methyl sites for hydroxylation is 1. The van der Waals surface area contributed by atoms with E-state index in [2.05, 4.69) is 41.4 Å². The van der Waals surface area contributed by atoms with Gasteiger partial charge in [0.05, 0.1) is 19.7 Å². The van der Waals surface area contributed by atoms with E-state index in [1.807, 2.05) is 42.5 Å². The molecule has 0 spiro atoms. The molecule has 0 aliphatic carbocycles. The number of fused-ring (bicyclic) bond motifs is 2. The van der Waals surface area contributed by atoms with E-state index in [1.165, 1.54) is 16.5 Å². The molecule has 1 aliphatic heterocycles. The van der Waals surface area contributed by atoms with Gasteiger partial charge in [0, 0.05) is 29.7 Å². The summed E-state index contributed by atoms with van der Waals surface area (Å²) in [4.78, 5) is 19.9. The van der Waals surface area contributed by atoms with E-state index in [-0.39, 0.29) is 5.91 Å². The fourth-order valence-electron chi connectivity index (χ4n) is 4.57. The van der Waals surface area contributed by atoms with Gasteiger partial charge in [-0.05, 0) is 85.0 Å². The maximum absolute atomic E-state index is 12.7. The lowest BCUT2D eigenvalue weighted by atomic mass is 10.1. The fraction of sp³-hybridized carbons (Fsp3) is 0.241. The lowest BCUT2D eigenvalue weighted by molar-refractivity contribution is 0.0954. The normalized spacial score (nSPS) is 12.5. The molecule has 0 unspecified atom stereocenters.